The van der Waals surface area contributed by atoms with Crippen molar-refractivity contribution in [3.63, 3.8) is 0 Å². The lowest BCUT2D eigenvalue weighted by Crippen LogP contribution is -2.42. The Morgan fingerprint density at radius 3 is 2.67 bits per heavy atom. The van der Waals surface area contributed by atoms with Crippen molar-refractivity contribution in [2.24, 2.45) is 23.5 Å². The topological polar surface area (TPSA) is 75.8 Å². The van der Waals surface area contributed by atoms with Crippen molar-refractivity contribution >= 4 is 6.03 Å². The molecule has 0 spiro atoms. The molecule has 24 heavy (non-hydrogen) atoms. The van der Waals surface area contributed by atoms with Gasteiger partial charge < -0.3 is 20.5 Å². The van der Waals surface area contributed by atoms with E-state index in [1.54, 1.807) is 4.90 Å². The Hall–Kier alpha value is -1.59. The summed E-state index contributed by atoms with van der Waals surface area (Å²) in [7, 11) is 0. The molecule has 3 rings (SSSR count). The highest BCUT2D eigenvalue weighted by Crippen LogP contribution is 2.50. The van der Waals surface area contributed by atoms with Crippen molar-refractivity contribution in [3.8, 4) is 0 Å². The van der Waals surface area contributed by atoms with Crippen LogP contribution in [-0.4, -0.2) is 41.8 Å². The summed E-state index contributed by atoms with van der Waals surface area (Å²) in [6, 6.07) is 9.73. The average Bonchev–Trinajstić information content (AvgIpc) is 3.35. The number of ether oxygens (including phenoxy) is 1. The SMILES string of the molecule is NC(=O)N1CCC(C2CC2C[C@@H](O)COCc2ccccc2)CC1. The number of amides is 2. The largest absolute Gasteiger partial charge is 0.391 e. The maximum atomic E-state index is 11.2. The minimum absolute atomic E-state index is 0.299. The molecule has 0 radical (unpaired) electrons. The van der Waals surface area contributed by atoms with Crippen LogP contribution >= 0.6 is 0 Å². The number of nitrogens with zero attached hydrogens (tertiary/aromatic N) is 1. The first kappa shape index (κ1) is 17.2. The lowest BCUT2D eigenvalue weighted by atomic mass is 9.90. The number of carbonyl (C=O) groups is 1. The first-order chi connectivity index (χ1) is 11.6. The molecule has 1 saturated heterocycles. The molecule has 0 bridgehead atoms. The second kappa shape index (κ2) is 7.99. The number of nitrogens with two attached hydrogens (primary N) is 1. The quantitative estimate of drug-likeness (QED) is 0.805. The standard InChI is InChI=1S/C19H28N2O3/c20-19(23)21-8-6-15(7-9-21)18-11-16(18)10-17(22)13-24-12-14-4-2-1-3-5-14/h1-5,15-18,22H,6-13H2,(H2,20,23)/t16?,17-,18?/m1/s1. The molecule has 132 valence electrons. The molecule has 3 N–H and O–H groups in total. The maximum absolute atomic E-state index is 11.2. The second-order valence-electron chi connectivity index (χ2n) is 7.21. The Bertz CT molecular complexity index is 529. The van der Waals surface area contributed by atoms with E-state index in [0.29, 0.717) is 31.0 Å². The third-order valence-corrected chi connectivity index (χ3v) is 5.43. The van der Waals surface area contributed by atoms with Gasteiger partial charge in [-0.25, -0.2) is 4.79 Å². The Kier molecular flexibility index (Phi) is 5.74. The number of aliphatic hydroxyl groups is 1. The fourth-order valence-corrected chi connectivity index (χ4v) is 3.97. The number of aliphatic hydroxyl groups excluding tert-OH is 1. The third-order valence-electron chi connectivity index (χ3n) is 5.43. The molecule has 1 aliphatic carbocycles. The molecule has 1 heterocycles. The van der Waals surface area contributed by atoms with Crippen LogP contribution in [0.15, 0.2) is 30.3 Å². The predicted molar refractivity (Wildman–Crippen MR) is 92.2 cm³/mol. The van der Waals surface area contributed by atoms with Crippen LogP contribution in [-0.2, 0) is 11.3 Å². The predicted octanol–water partition coefficient (Wildman–Crippen LogP) is 2.38. The third kappa shape index (κ3) is 4.71. The normalized spacial score (nSPS) is 25.5. The van der Waals surface area contributed by atoms with Crippen LogP contribution < -0.4 is 5.73 Å². The average molecular weight is 332 g/mol. The highest BCUT2D eigenvalue weighted by atomic mass is 16.5. The van der Waals surface area contributed by atoms with Crippen molar-refractivity contribution in [3.05, 3.63) is 35.9 Å². The molecule has 1 aliphatic heterocycles. The Morgan fingerprint density at radius 2 is 2.00 bits per heavy atom. The van der Waals surface area contributed by atoms with Crippen LogP contribution in [0.4, 0.5) is 4.79 Å². The molecule has 2 unspecified atom stereocenters. The summed E-state index contributed by atoms with van der Waals surface area (Å²) >= 11 is 0. The molecule has 3 atom stereocenters. The molecular weight excluding hydrogens is 304 g/mol. The van der Waals surface area contributed by atoms with Gasteiger partial charge in [0.15, 0.2) is 0 Å². The zero-order valence-corrected chi connectivity index (χ0v) is 14.1. The first-order valence-electron chi connectivity index (χ1n) is 8.97. The molecule has 2 amide bonds. The van der Waals surface area contributed by atoms with Crippen molar-refractivity contribution in [1.82, 2.24) is 4.90 Å². The fourth-order valence-electron chi connectivity index (χ4n) is 3.97. The minimum Gasteiger partial charge on any atom is -0.391 e. The van der Waals surface area contributed by atoms with Gasteiger partial charge in [0.05, 0.1) is 19.3 Å². The van der Waals surface area contributed by atoms with Crippen LogP contribution in [0.1, 0.15) is 31.2 Å². The summed E-state index contributed by atoms with van der Waals surface area (Å²) in [5, 5.41) is 10.2. The van der Waals surface area contributed by atoms with Crippen LogP contribution in [0.3, 0.4) is 0 Å². The molecule has 1 aromatic carbocycles. The van der Waals surface area contributed by atoms with Crippen molar-refractivity contribution in [1.29, 1.82) is 0 Å². The molecule has 1 saturated carbocycles. The number of piperidine rings is 1. The van der Waals surface area contributed by atoms with Crippen molar-refractivity contribution in [2.75, 3.05) is 19.7 Å². The van der Waals surface area contributed by atoms with E-state index in [-0.39, 0.29) is 12.1 Å². The van der Waals surface area contributed by atoms with Gasteiger partial charge in [-0.15, -0.1) is 0 Å². The van der Waals surface area contributed by atoms with E-state index in [1.165, 1.54) is 6.42 Å². The zero-order valence-electron chi connectivity index (χ0n) is 14.1. The first-order valence-corrected chi connectivity index (χ1v) is 8.97. The smallest absolute Gasteiger partial charge is 0.314 e. The summed E-state index contributed by atoms with van der Waals surface area (Å²) in [5.74, 6) is 2.01. The van der Waals surface area contributed by atoms with E-state index < -0.39 is 0 Å². The molecule has 5 nitrogen and oxygen atoms in total. The number of primary amides is 1. The lowest BCUT2D eigenvalue weighted by molar-refractivity contribution is 0.0205. The van der Waals surface area contributed by atoms with Crippen LogP contribution in [0.5, 0.6) is 0 Å². The van der Waals surface area contributed by atoms with Gasteiger partial charge >= 0.3 is 6.03 Å². The van der Waals surface area contributed by atoms with E-state index >= 15 is 0 Å². The van der Waals surface area contributed by atoms with Crippen LogP contribution in [0, 0.1) is 17.8 Å². The van der Waals surface area contributed by atoms with Gasteiger partial charge in [-0.3, -0.25) is 0 Å². The van der Waals surface area contributed by atoms with Crippen molar-refractivity contribution in [2.45, 2.75) is 38.4 Å². The van der Waals surface area contributed by atoms with Gasteiger partial charge in [-0.05, 0) is 49.0 Å². The van der Waals surface area contributed by atoms with Gasteiger partial charge in [0.25, 0.3) is 0 Å². The molecule has 1 aromatic rings. The van der Waals surface area contributed by atoms with E-state index in [0.717, 1.165) is 37.9 Å². The Morgan fingerprint density at radius 1 is 1.29 bits per heavy atom. The van der Waals surface area contributed by atoms with Gasteiger partial charge in [-0.2, -0.15) is 0 Å². The minimum atomic E-state index is -0.380. The number of carbonyl (C=O) groups excluding carboxylic acids is 1. The number of hydrogen-bond donors (Lipinski definition) is 2. The highest BCUT2D eigenvalue weighted by Gasteiger charge is 2.44. The number of likely N-dealkylation sites (tertiary alicyclic amines) is 1. The van der Waals surface area contributed by atoms with E-state index in [4.69, 9.17) is 10.5 Å². The molecule has 2 fully saturated rings. The van der Waals surface area contributed by atoms with Gasteiger partial charge in [0.1, 0.15) is 0 Å². The van der Waals surface area contributed by atoms with E-state index in [2.05, 4.69) is 0 Å². The number of rotatable bonds is 7. The number of benzene rings is 1. The summed E-state index contributed by atoms with van der Waals surface area (Å²) in [4.78, 5) is 12.9. The maximum Gasteiger partial charge on any atom is 0.314 e. The monoisotopic (exact) mass is 332 g/mol. The molecular formula is C19H28N2O3. The summed E-state index contributed by atoms with van der Waals surface area (Å²) < 4.78 is 5.62. The van der Waals surface area contributed by atoms with Gasteiger partial charge in [-0.1, -0.05) is 30.3 Å². The molecule has 0 aromatic heterocycles. The Balaban J connectivity index is 1.31. The zero-order chi connectivity index (χ0) is 16.9. The summed E-state index contributed by atoms with van der Waals surface area (Å²) in [6.07, 6.45) is 3.75. The van der Waals surface area contributed by atoms with Crippen LogP contribution in [0.25, 0.3) is 0 Å². The number of hydrogen-bond acceptors (Lipinski definition) is 3. The van der Waals surface area contributed by atoms with E-state index in [9.17, 15) is 9.90 Å². The summed E-state index contributed by atoms with van der Waals surface area (Å²) in [5.41, 5.74) is 6.46. The van der Waals surface area contributed by atoms with Crippen LogP contribution in [0.2, 0.25) is 0 Å². The fraction of sp³-hybridized carbons (Fsp3) is 0.632. The van der Waals surface area contributed by atoms with E-state index in [1.807, 2.05) is 30.3 Å². The van der Waals surface area contributed by atoms with Gasteiger partial charge in [0, 0.05) is 13.1 Å². The second-order valence-corrected chi connectivity index (χ2v) is 7.21. The number of urea groups is 1. The molecule has 2 aliphatic rings. The van der Waals surface area contributed by atoms with Crippen molar-refractivity contribution < 1.29 is 14.6 Å². The van der Waals surface area contributed by atoms with Gasteiger partial charge in [0.2, 0.25) is 0 Å². The molecule has 5 heteroatoms. The highest BCUT2D eigenvalue weighted by molar-refractivity contribution is 5.72. The summed E-state index contributed by atoms with van der Waals surface area (Å²) in [6.45, 7) is 2.52. The lowest BCUT2D eigenvalue weighted by Gasteiger charge is -2.31. The Labute approximate surface area is 143 Å².